The first-order valence-electron chi connectivity index (χ1n) is 6.48. The van der Waals surface area contributed by atoms with E-state index in [1.807, 2.05) is 0 Å². The Balaban J connectivity index is 2.06. The number of piperazine rings is 1. The molecule has 1 fully saturated rings. The maximum Gasteiger partial charge on any atom is 0.0391 e. The van der Waals surface area contributed by atoms with E-state index >= 15 is 0 Å². The number of aryl methyl sites for hydroxylation is 1. The second kappa shape index (κ2) is 5.52. The van der Waals surface area contributed by atoms with Gasteiger partial charge < -0.3 is 10.6 Å². The smallest absolute Gasteiger partial charge is 0.0391 e. The van der Waals surface area contributed by atoms with Gasteiger partial charge in [-0.3, -0.25) is 4.90 Å². The molecular formula is C14H23N3. The maximum atomic E-state index is 5.81. The fourth-order valence-electron chi connectivity index (χ4n) is 2.38. The monoisotopic (exact) mass is 233 g/mol. The minimum atomic E-state index is 0.481. The second-order valence-electron chi connectivity index (χ2n) is 4.84. The summed E-state index contributed by atoms with van der Waals surface area (Å²) in [5.41, 5.74) is 8.54. The first-order chi connectivity index (χ1) is 8.24. The third kappa shape index (κ3) is 2.79. The average molecular weight is 233 g/mol. The topological polar surface area (TPSA) is 32.5 Å². The van der Waals surface area contributed by atoms with E-state index in [1.54, 1.807) is 0 Å². The summed E-state index contributed by atoms with van der Waals surface area (Å²) in [5.74, 6) is 0. The second-order valence-corrected chi connectivity index (χ2v) is 4.84. The summed E-state index contributed by atoms with van der Waals surface area (Å²) in [6.45, 7) is 6.16. The Morgan fingerprint density at radius 3 is 2.53 bits per heavy atom. The summed E-state index contributed by atoms with van der Waals surface area (Å²) >= 11 is 0. The number of rotatable bonds is 3. The Morgan fingerprint density at radius 1 is 1.24 bits per heavy atom. The van der Waals surface area contributed by atoms with Crippen molar-refractivity contribution in [2.45, 2.75) is 19.4 Å². The molecule has 0 aliphatic carbocycles. The Bertz CT molecular complexity index is 347. The summed E-state index contributed by atoms with van der Waals surface area (Å²) in [6.07, 6.45) is 1.11. The van der Waals surface area contributed by atoms with Gasteiger partial charge >= 0.3 is 0 Å². The van der Waals surface area contributed by atoms with E-state index in [-0.39, 0.29) is 0 Å². The van der Waals surface area contributed by atoms with Crippen LogP contribution in [0.2, 0.25) is 0 Å². The molecule has 0 bridgehead atoms. The minimum absolute atomic E-state index is 0.481. The predicted octanol–water partition coefficient (Wildman–Crippen LogP) is 1.33. The van der Waals surface area contributed by atoms with E-state index in [0.717, 1.165) is 32.6 Å². The molecular weight excluding hydrogens is 210 g/mol. The summed E-state index contributed by atoms with van der Waals surface area (Å²) in [4.78, 5) is 4.80. The molecule has 1 aliphatic heterocycles. The third-order valence-corrected chi connectivity index (χ3v) is 3.76. The van der Waals surface area contributed by atoms with Gasteiger partial charge in [-0.25, -0.2) is 0 Å². The molecule has 1 aromatic carbocycles. The van der Waals surface area contributed by atoms with Crippen LogP contribution in [0.3, 0.4) is 0 Å². The molecule has 1 atom stereocenters. The quantitative estimate of drug-likeness (QED) is 0.855. The van der Waals surface area contributed by atoms with Gasteiger partial charge in [-0.15, -0.1) is 0 Å². The SMILES string of the molecule is CCc1ccc(N2CCN(C)C(CN)C2)cc1. The zero-order valence-corrected chi connectivity index (χ0v) is 10.9. The molecule has 3 heteroatoms. The molecule has 1 unspecified atom stereocenters. The number of benzene rings is 1. The molecule has 1 heterocycles. The van der Waals surface area contributed by atoms with Crippen molar-refractivity contribution in [2.24, 2.45) is 5.73 Å². The molecule has 0 radical (unpaired) electrons. The van der Waals surface area contributed by atoms with Crippen molar-refractivity contribution in [3.05, 3.63) is 29.8 Å². The number of hydrogen-bond donors (Lipinski definition) is 1. The Kier molecular flexibility index (Phi) is 4.02. The van der Waals surface area contributed by atoms with E-state index in [4.69, 9.17) is 5.73 Å². The summed E-state index contributed by atoms with van der Waals surface area (Å²) in [7, 11) is 2.16. The molecule has 0 aromatic heterocycles. The van der Waals surface area contributed by atoms with Crippen LogP contribution >= 0.6 is 0 Å². The van der Waals surface area contributed by atoms with Crippen molar-refractivity contribution < 1.29 is 0 Å². The number of hydrogen-bond acceptors (Lipinski definition) is 3. The van der Waals surface area contributed by atoms with Gasteiger partial charge in [0.1, 0.15) is 0 Å². The standard InChI is InChI=1S/C14H23N3/c1-3-12-4-6-13(7-5-12)17-9-8-16(2)14(10-15)11-17/h4-7,14H,3,8-11,15H2,1-2H3. The van der Waals surface area contributed by atoms with E-state index in [9.17, 15) is 0 Å². The van der Waals surface area contributed by atoms with Crippen LogP contribution in [0, 0.1) is 0 Å². The highest BCUT2D eigenvalue weighted by Crippen LogP contribution is 2.19. The third-order valence-electron chi connectivity index (χ3n) is 3.76. The van der Waals surface area contributed by atoms with Crippen molar-refractivity contribution in [3.8, 4) is 0 Å². The van der Waals surface area contributed by atoms with Crippen molar-refractivity contribution in [1.82, 2.24) is 4.90 Å². The molecule has 0 amide bonds. The van der Waals surface area contributed by atoms with Crippen molar-refractivity contribution in [1.29, 1.82) is 0 Å². The van der Waals surface area contributed by atoms with E-state index in [0.29, 0.717) is 6.04 Å². The van der Waals surface area contributed by atoms with E-state index < -0.39 is 0 Å². The van der Waals surface area contributed by atoms with Gasteiger partial charge in [0, 0.05) is 37.9 Å². The minimum Gasteiger partial charge on any atom is -0.369 e. The lowest BCUT2D eigenvalue weighted by Gasteiger charge is -2.40. The predicted molar refractivity (Wildman–Crippen MR) is 73.5 cm³/mol. The van der Waals surface area contributed by atoms with Gasteiger partial charge in [-0.2, -0.15) is 0 Å². The van der Waals surface area contributed by atoms with Crippen LogP contribution in [-0.4, -0.2) is 44.2 Å². The van der Waals surface area contributed by atoms with Crippen molar-refractivity contribution in [2.75, 3.05) is 38.1 Å². The summed E-state index contributed by atoms with van der Waals surface area (Å²) < 4.78 is 0. The fourth-order valence-corrected chi connectivity index (χ4v) is 2.38. The average Bonchev–Trinajstić information content (AvgIpc) is 2.39. The number of likely N-dealkylation sites (N-methyl/N-ethyl adjacent to an activating group) is 1. The van der Waals surface area contributed by atoms with E-state index in [2.05, 4.69) is 48.0 Å². The van der Waals surface area contributed by atoms with Crippen LogP contribution in [0.4, 0.5) is 5.69 Å². The highest BCUT2D eigenvalue weighted by molar-refractivity contribution is 5.48. The zero-order valence-electron chi connectivity index (χ0n) is 10.9. The summed E-state index contributed by atoms with van der Waals surface area (Å²) in [6, 6.07) is 9.40. The lowest BCUT2D eigenvalue weighted by molar-refractivity contribution is 0.224. The van der Waals surface area contributed by atoms with Crippen molar-refractivity contribution in [3.63, 3.8) is 0 Å². The first-order valence-corrected chi connectivity index (χ1v) is 6.48. The Hall–Kier alpha value is -1.06. The number of anilines is 1. The van der Waals surface area contributed by atoms with Crippen LogP contribution in [-0.2, 0) is 6.42 Å². The Labute approximate surface area is 104 Å². The first kappa shape index (κ1) is 12.4. The number of nitrogens with two attached hydrogens (primary N) is 1. The van der Waals surface area contributed by atoms with Crippen LogP contribution < -0.4 is 10.6 Å². The lowest BCUT2D eigenvalue weighted by atomic mass is 10.1. The molecule has 1 aromatic rings. The van der Waals surface area contributed by atoms with Crippen LogP contribution in [0.15, 0.2) is 24.3 Å². The normalized spacial score (nSPS) is 21.8. The molecule has 0 spiro atoms. The maximum absolute atomic E-state index is 5.81. The van der Waals surface area contributed by atoms with Crippen molar-refractivity contribution >= 4 is 5.69 Å². The summed E-state index contributed by atoms with van der Waals surface area (Å²) in [5, 5.41) is 0. The van der Waals surface area contributed by atoms with Crippen LogP contribution in [0.25, 0.3) is 0 Å². The van der Waals surface area contributed by atoms with E-state index in [1.165, 1.54) is 11.3 Å². The van der Waals surface area contributed by atoms with Gasteiger partial charge in [-0.1, -0.05) is 19.1 Å². The van der Waals surface area contributed by atoms with Gasteiger partial charge in [0.2, 0.25) is 0 Å². The van der Waals surface area contributed by atoms with Gasteiger partial charge in [0.15, 0.2) is 0 Å². The molecule has 94 valence electrons. The molecule has 3 nitrogen and oxygen atoms in total. The largest absolute Gasteiger partial charge is 0.369 e. The highest BCUT2D eigenvalue weighted by Gasteiger charge is 2.22. The molecule has 2 N–H and O–H groups in total. The molecule has 2 rings (SSSR count). The molecule has 0 saturated carbocycles. The molecule has 1 aliphatic rings. The molecule has 1 saturated heterocycles. The molecule has 17 heavy (non-hydrogen) atoms. The van der Waals surface area contributed by atoms with Crippen LogP contribution in [0.1, 0.15) is 12.5 Å². The van der Waals surface area contributed by atoms with Crippen LogP contribution in [0.5, 0.6) is 0 Å². The van der Waals surface area contributed by atoms with Gasteiger partial charge in [-0.05, 0) is 31.2 Å². The van der Waals surface area contributed by atoms with Gasteiger partial charge in [0.05, 0.1) is 0 Å². The zero-order chi connectivity index (χ0) is 12.3. The Morgan fingerprint density at radius 2 is 1.94 bits per heavy atom. The fraction of sp³-hybridized carbons (Fsp3) is 0.571. The lowest BCUT2D eigenvalue weighted by Crippen LogP contribution is -2.54. The van der Waals surface area contributed by atoms with Gasteiger partial charge in [0.25, 0.3) is 0 Å². The number of nitrogens with zero attached hydrogens (tertiary/aromatic N) is 2. The highest BCUT2D eigenvalue weighted by atomic mass is 15.3.